The predicted molar refractivity (Wildman–Crippen MR) is 318 cm³/mol. The Morgan fingerprint density at radius 2 is 1.07 bits per heavy atom. The minimum atomic E-state index is -0.164. The number of hydrogen-bond acceptors (Lipinski definition) is 3. The average Bonchev–Trinajstić information content (AvgIpc) is 3.74. The van der Waals surface area contributed by atoms with Crippen molar-refractivity contribution in [2.45, 2.75) is 108 Å². The number of nitrogens with zero attached hydrogens (tertiary/aromatic N) is 3. The van der Waals surface area contributed by atoms with Gasteiger partial charge in [-0.25, -0.2) is 0 Å². The molecule has 4 bridgehead atoms. The molecule has 4 heteroatoms. The van der Waals surface area contributed by atoms with Crippen molar-refractivity contribution in [1.82, 2.24) is 0 Å². The maximum absolute atomic E-state index is 2.77. The summed E-state index contributed by atoms with van der Waals surface area (Å²) in [6.07, 6.45) is 4.51. The molecular formula is C71H64BN3. The van der Waals surface area contributed by atoms with Crippen LogP contribution in [0.5, 0.6) is 0 Å². The van der Waals surface area contributed by atoms with E-state index in [1.807, 2.05) is 0 Å². The maximum atomic E-state index is 2.77. The molecule has 0 aromatic heterocycles. The lowest BCUT2D eigenvalue weighted by molar-refractivity contribution is 0.133. The van der Waals surface area contributed by atoms with Crippen molar-refractivity contribution in [2.75, 3.05) is 14.7 Å². The van der Waals surface area contributed by atoms with E-state index in [2.05, 4.69) is 264 Å². The fourth-order valence-corrected chi connectivity index (χ4v) is 15.0. The average molecular weight is 970 g/mol. The molecule has 5 aliphatic heterocycles. The Morgan fingerprint density at radius 1 is 0.413 bits per heavy atom. The molecule has 0 radical (unpaired) electrons. The largest absolute Gasteiger partial charge is 0.334 e. The van der Waals surface area contributed by atoms with Gasteiger partial charge >= 0.3 is 0 Å². The molecule has 0 N–H and O–H groups in total. The normalized spacial score (nSPS) is 21.8. The fourth-order valence-electron chi connectivity index (χ4n) is 15.0. The maximum Gasteiger partial charge on any atom is 0.252 e. The van der Waals surface area contributed by atoms with E-state index in [-0.39, 0.29) is 33.9 Å². The van der Waals surface area contributed by atoms with Gasteiger partial charge in [0.1, 0.15) is 0 Å². The predicted octanol–water partition coefficient (Wildman–Crippen LogP) is 16.7. The van der Waals surface area contributed by atoms with Crippen molar-refractivity contribution in [3.05, 3.63) is 222 Å². The van der Waals surface area contributed by atoms with Crippen LogP contribution in [0, 0.1) is 0 Å². The Labute approximate surface area is 444 Å². The molecule has 5 heterocycles. The Morgan fingerprint density at radius 3 is 1.77 bits per heavy atom. The zero-order chi connectivity index (χ0) is 51.0. The standard InChI is InChI=1S/C71H64BN3/c1-67(2,3)51-31-33-60-54(40-51)47-26-29-50(30-27-47)69(6)35-34-68(4,5)56-43-59-63(44-57(56)69)74(60)65-42-53(75-61-25-16-15-24-55(61)70(7)36-37-71(70,75)8)41-64-66(65)72(59)58-32-28-49(46-20-13-10-14-21-46)39-62(58)73(64)52-23-17-22-48(38-52)45-18-11-9-12-19-45/h9-33,38-44H,34-37H2,1-8H3. The monoisotopic (exact) mass is 970 g/mol. The summed E-state index contributed by atoms with van der Waals surface area (Å²) < 4.78 is 0. The SMILES string of the molecule is CC(C)(C)c1ccc2c(c1)-c1ccc(cc1)C1(C)CCC(C)(C)c3cc4c(cc31)N2c1cc(N2c3ccccc3C3(C)CCC23C)cc2c1B4c1ccc(-c3ccccc3)cc1N2c1cccc(-c2ccccc2)c1. The topological polar surface area (TPSA) is 9.72 Å². The fraction of sp³-hybridized carbons (Fsp3) is 0.239. The first-order chi connectivity index (χ1) is 36.1. The molecule has 2 aliphatic carbocycles. The highest BCUT2D eigenvalue weighted by atomic mass is 15.3. The van der Waals surface area contributed by atoms with Crippen LogP contribution in [0.15, 0.2) is 194 Å². The highest BCUT2D eigenvalue weighted by Crippen LogP contribution is 2.66. The lowest BCUT2D eigenvalue weighted by atomic mass is 9.33. The lowest BCUT2D eigenvalue weighted by Crippen LogP contribution is -2.62. The summed E-state index contributed by atoms with van der Waals surface area (Å²) in [7, 11) is 0. The van der Waals surface area contributed by atoms with Crippen LogP contribution in [0.2, 0.25) is 0 Å². The van der Waals surface area contributed by atoms with Crippen molar-refractivity contribution < 1.29 is 0 Å². The van der Waals surface area contributed by atoms with Crippen LogP contribution in [-0.4, -0.2) is 12.3 Å². The van der Waals surface area contributed by atoms with Gasteiger partial charge in [0.25, 0.3) is 6.71 Å². The van der Waals surface area contributed by atoms with Gasteiger partial charge in [0.2, 0.25) is 0 Å². The van der Waals surface area contributed by atoms with E-state index < -0.39 is 0 Å². The number of anilines is 8. The first kappa shape index (κ1) is 44.9. The van der Waals surface area contributed by atoms with Crippen LogP contribution in [0.4, 0.5) is 45.5 Å². The molecule has 3 unspecified atom stereocenters. The summed E-state index contributed by atoms with van der Waals surface area (Å²) in [5.74, 6) is 0. The molecule has 7 aliphatic rings. The first-order valence-corrected chi connectivity index (χ1v) is 27.6. The summed E-state index contributed by atoms with van der Waals surface area (Å²) in [5.41, 5.74) is 28.3. The molecule has 75 heavy (non-hydrogen) atoms. The molecule has 0 amide bonds. The van der Waals surface area contributed by atoms with Crippen LogP contribution in [-0.2, 0) is 21.7 Å². The highest BCUT2D eigenvalue weighted by Gasteiger charge is 2.63. The van der Waals surface area contributed by atoms with Gasteiger partial charge in [0.05, 0.1) is 11.2 Å². The van der Waals surface area contributed by atoms with Gasteiger partial charge in [-0.2, -0.15) is 0 Å². The van der Waals surface area contributed by atoms with Gasteiger partial charge in [0.15, 0.2) is 0 Å². The molecule has 9 aromatic carbocycles. The molecule has 3 atom stereocenters. The Kier molecular flexibility index (Phi) is 9.15. The van der Waals surface area contributed by atoms with Gasteiger partial charge in [-0.05, 0) is 170 Å². The number of hydrogen-bond donors (Lipinski definition) is 0. The van der Waals surface area contributed by atoms with Crippen molar-refractivity contribution in [1.29, 1.82) is 0 Å². The third-order valence-electron chi connectivity index (χ3n) is 19.8. The summed E-state index contributed by atoms with van der Waals surface area (Å²) in [5, 5.41) is 0. The molecule has 1 saturated carbocycles. The van der Waals surface area contributed by atoms with Crippen LogP contribution < -0.4 is 31.1 Å². The summed E-state index contributed by atoms with van der Waals surface area (Å²) in [4.78, 5) is 8.15. The molecule has 0 saturated heterocycles. The second-order valence-corrected chi connectivity index (χ2v) is 25.2. The number of fused-ring (bicyclic) bond motifs is 8. The van der Waals surface area contributed by atoms with E-state index in [4.69, 9.17) is 0 Å². The van der Waals surface area contributed by atoms with E-state index in [0.717, 1.165) is 24.9 Å². The third kappa shape index (κ3) is 6.11. The van der Waals surface area contributed by atoms with Crippen LogP contribution in [0.3, 0.4) is 0 Å². The quantitative estimate of drug-likeness (QED) is 0.163. The van der Waals surface area contributed by atoms with E-state index in [1.165, 1.54) is 124 Å². The number of rotatable bonds is 4. The molecule has 1 fully saturated rings. The zero-order valence-electron chi connectivity index (χ0n) is 44.7. The third-order valence-corrected chi connectivity index (χ3v) is 19.8. The zero-order valence-corrected chi connectivity index (χ0v) is 44.7. The van der Waals surface area contributed by atoms with Crippen molar-refractivity contribution in [3.8, 4) is 33.4 Å². The summed E-state index contributed by atoms with van der Waals surface area (Å²) in [6.45, 7) is 19.6. The number of para-hydroxylation sites is 1. The van der Waals surface area contributed by atoms with Gasteiger partial charge in [-0.15, -0.1) is 0 Å². The second kappa shape index (κ2) is 15.3. The lowest BCUT2D eigenvalue weighted by Gasteiger charge is -2.56. The van der Waals surface area contributed by atoms with Crippen molar-refractivity contribution in [3.63, 3.8) is 0 Å². The van der Waals surface area contributed by atoms with E-state index in [0.29, 0.717) is 0 Å². The molecular weight excluding hydrogens is 906 g/mol. The van der Waals surface area contributed by atoms with Crippen molar-refractivity contribution >= 4 is 68.6 Å². The van der Waals surface area contributed by atoms with Gasteiger partial charge in [-0.3, -0.25) is 0 Å². The minimum absolute atomic E-state index is 0.0199. The first-order valence-electron chi connectivity index (χ1n) is 27.6. The van der Waals surface area contributed by atoms with Crippen molar-refractivity contribution in [2.24, 2.45) is 0 Å². The van der Waals surface area contributed by atoms with Crippen LogP contribution in [0.25, 0.3) is 33.4 Å². The second-order valence-electron chi connectivity index (χ2n) is 25.2. The highest BCUT2D eigenvalue weighted by molar-refractivity contribution is 7.00. The molecule has 0 spiro atoms. The van der Waals surface area contributed by atoms with Gasteiger partial charge < -0.3 is 14.7 Å². The molecule has 16 rings (SSSR count). The Hall–Kier alpha value is -7.56. The van der Waals surface area contributed by atoms with Crippen LogP contribution in [0.1, 0.15) is 109 Å². The van der Waals surface area contributed by atoms with E-state index in [9.17, 15) is 0 Å². The Bertz CT molecular complexity index is 3870. The van der Waals surface area contributed by atoms with Crippen LogP contribution >= 0.6 is 0 Å². The van der Waals surface area contributed by atoms with E-state index in [1.54, 1.807) is 0 Å². The minimum Gasteiger partial charge on any atom is -0.334 e. The Balaban J connectivity index is 1.11. The van der Waals surface area contributed by atoms with Gasteiger partial charge in [-0.1, -0.05) is 188 Å². The smallest absolute Gasteiger partial charge is 0.252 e. The molecule has 3 nitrogen and oxygen atoms in total. The molecule has 9 aromatic rings. The molecule has 366 valence electrons. The van der Waals surface area contributed by atoms with E-state index >= 15 is 0 Å². The summed E-state index contributed by atoms with van der Waals surface area (Å²) >= 11 is 0. The summed E-state index contributed by atoms with van der Waals surface area (Å²) in [6, 6.07) is 75.7. The van der Waals surface area contributed by atoms with Gasteiger partial charge in [0, 0.05) is 56.2 Å². The number of benzene rings is 9.